The van der Waals surface area contributed by atoms with Crippen molar-refractivity contribution in [3.63, 3.8) is 0 Å². The van der Waals surface area contributed by atoms with E-state index in [2.05, 4.69) is 0 Å². The normalized spacial score (nSPS) is 12.7. The average molecular weight is 345 g/mol. The van der Waals surface area contributed by atoms with Crippen LogP contribution in [0, 0.1) is 0 Å². The summed E-state index contributed by atoms with van der Waals surface area (Å²) in [7, 11) is 1.42. The second-order valence-corrected chi connectivity index (χ2v) is 7.43. The zero-order valence-corrected chi connectivity index (χ0v) is 13.1. The summed E-state index contributed by atoms with van der Waals surface area (Å²) in [4.78, 5) is -0.0597. The molecular weight excluding hydrogens is 329 g/mol. The van der Waals surface area contributed by atoms with E-state index in [9.17, 15) is 21.6 Å². The van der Waals surface area contributed by atoms with Crippen molar-refractivity contribution < 1.29 is 26.3 Å². The van der Waals surface area contributed by atoms with Crippen LogP contribution in [-0.2, 0) is 9.05 Å². The number of benzene rings is 1. The van der Waals surface area contributed by atoms with Crippen LogP contribution >= 0.6 is 10.7 Å². The van der Waals surface area contributed by atoms with E-state index in [1.54, 1.807) is 0 Å². The van der Waals surface area contributed by atoms with E-state index in [1.807, 2.05) is 13.8 Å². The Kier molecular flexibility index (Phi) is 5.92. The summed E-state index contributed by atoms with van der Waals surface area (Å²) >= 11 is 0. The van der Waals surface area contributed by atoms with E-state index >= 15 is 0 Å². The molecule has 0 radical (unpaired) electrons. The summed E-state index contributed by atoms with van der Waals surface area (Å²) in [6.07, 6.45) is -5.28. The van der Waals surface area contributed by atoms with Gasteiger partial charge in [0.25, 0.3) is 9.05 Å². The van der Waals surface area contributed by atoms with Gasteiger partial charge in [0.2, 0.25) is 0 Å². The van der Waals surface area contributed by atoms with Crippen molar-refractivity contribution in [3.05, 3.63) is 23.8 Å². The smallest absolute Gasteiger partial charge is 0.389 e. The van der Waals surface area contributed by atoms with Crippen molar-refractivity contribution in [2.45, 2.75) is 43.7 Å². The molecule has 1 aromatic carbocycles. The molecule has 0 amide bonds. The molecule has 0 bridgehead atoms. The molecule has 0 aliphatic rings. The van der Waals surface area contributed by atoms with Gasteiger partial charge in [0.1, 0.15) is 5.75 Å². The summed E-state index contributed by atoms with van der Waals surface area (Å²) in [5, 5.41) is 0. The van der Waals surface area contributed by atoms with Crippen molar-refractivity contribution >= 4 is 19.7 Å². The molecule has 3 nitrogen and oxygen atoms in total. The summed E-state index contributed by atoms with van der Waals surface area (Å²) in [6, 6.07) is 4.07. The summed E-state index contributed by atoms with van der Waals surface area (Å²) in [5.74, 6) is 0.317. The van der Waals surface area contributed by atoms with Crippen molar-refractivity contribution in [3.8, 4) is 5.75 Å². The molecule has 1 rings (SSSR count). The highest BCUT2D eigenvalue weighted by Crippen LogP contribution is 2.30. The molecule has 0 aromatic heterocycles. The number of ether oxygens (including phenoxy) is 1. The van der Waals surface area contributed by atoms with Gasteiger partial charge >= 0.3 is 6.18 Å². The second-order valence-electron chi connectivity index (χ2n) is 4.86. The first-order valence-corrected chi connectivity index (χ1v) is 8.60. The highest BCUT2D eigenvalue weighted by Gasteiger charge is 2.26. The summed E-state index contributed by atoms with van der Waals surface area (Å²) in [6.45, 7) is 3.55. The van der Waals surface area contributed by atoms with Crippen LogP contribution in [-0.4, -0.2) is 21.2 Å². The van der Waals surface area contributed by atoms with Crippen LogP contribution in [0.2, 0.25) is 0 Å². The minimum absolute atomic E-state index is 0.0546. The van der Waals surface area contributed by atoms with E-state index < -0.39 is 21.6 Å². The predicted molar refractivity (Wildman–Crippen MR) is 74.4 cm³/mol. The number of halogens is 4. The van der Waals surface area contributed by atoms with Gasteiger partial charge < -0.3 is 4.74 Å². The maximum Gasteiger partial charge on any atom is 0.389 e. The van der Waals surface area contributed by atoms with Gasteiger partial charge in [0.15, 0.2) is 0 Å². The molecule has 21 heavy (non-hydrogen) atoms. The van der Waals surface area contributed by atoms with Gasteiger partial charge in [-0.2, -0.15) is 13.2 Å². The Morgan fingerprint density at radius 3 is 2.38 bits per heavy atom. The molecule has 0 saturated carbocycles. The first-order valence-electron chi connectivity index (χ1n) is 6.29. The fraction of sp³-hybridized carbons (Fsp3) is 0.538. The standard InChI is InChI=1S/C13H16ClF3O3S/c1-9(2)11-8-10(21(14,18)19)4-5-12(11)20-7-3-6-13(15,16)17/h4-5,8-9H,3,6-7H2,1-2H3. The summed E-state index contributed by atoms with van der Waals surface area (Å²) < 4.78 is 64.0. The van der Waals surface area contributed by atoms with E-state index in [1.165, 1.54) is 18.2 Å². The van der Waals surface area contributed by atoms with Gasteiger partial charge in [-0.05, 0) is 36.1 Å². The quantitative estimate of drug-likeness (QED) is 0.565. The third-order valence-corrected chi connectivity index (χ3v) is 4.10. The van der Waals surface area contributed by atoms with E-state index in [4.69, 9.17) is 15.4 Å². The number of alkyl halides is 3. The predicted octanol–water partition coefficient (Wildman–Crippen LogP) is 4.46. The Hall–Kier alpha value is -0.950. The minimum atomic E-state index is -4.21. The topological polar surface area (TPSA) is 43.4 Å². The van der Waals surface area contributed by atoms with Gasteiger partial charge in [-0.1, -0.05) is 13.8 Å². The Bertz CT molecular complexity index is 583. The van der Waals surface area contributed by atoms with Crippen molar-refractivity contribution in [1.82, 2.24) is 0 Å². The van der Waals surface area contributed by atoms with Crippen LogP contribution in [0.4, 0.5) is 13.2 Å². The van der Waals surface area contributed by atoms with Crippen LogP contribution in [0.3, 0.4) is 0 Å². The third kappa shape index (κ3) is 6.13. The maximum atomic E-state index is 12.0. The van der Waals surface area contributed by atoms with Crippen molar-refractivity contribution in [2.24, 2.45) is 0 Å². The first kappa shape index (κ1) is 18.1. The van der Waals surface area contributed by atoms with Crippen molar-refractivity contribution in [2.75, 3.05) is 6.61 Å². The molecule has 0 atom stereocenters. The number of rotatable bonds is 6. The SMILES string of the molecule is CC(C)c1cc(S(=O)(=O)Cl)ccc1OCCCC(F)(F)F. The lowest BCUT2D eigenvalue weighted by Crippen LogP contribution is -2.10. The van der Waals surface area contributed by atoms with Gasteiger partial charge in [-0.15, -0.1) is 0 Å². The lowest BCUT2D eigenvalue weighted by molar-refractivity contribution is -0.136. The zero-order chi connectivity index (χ0) is 16.3. The fourth-order valence-electron chi connectivity index (χ4n) is 1.72. The monoisotopic (exact) mass is 344 g/mol. The first-order chi connectivity index (χ1) is 9.50. The Balaban J connectivity index is 2.83. The lowest BCUT2D eigenvalue weighted by Gasteiger charge is -2.15. The molecule has 0 aliphatic heterocycles. The average Bonchev–Trinajstić information content (AvgIpc) is 2.32. The number of hydrogen-bond donors (Lipinski definition) is 0. The van der Waals surface area contributed by atoms with Gasteiger partial charge in [0.05, 0.1) is 11.5 Å². The lowest BCUT2D eigenvalue weighted by atomic mass is 10.0. The maximum absolute atomic E-state index is 12.0. The third-order valence-electron chi connectivity index (χ3n) is 2.75. The largest absolute Gasteiger partial charge is 0.493 e. The molecule has 0 aliphatic carbocycles. The van der Waals surface area contributed by atoms with Gasteiger partial charge in [-0.25, -0.2) is 8.42 Å². The molecule has 0 fully saturated rings. The van der Waals surface area contributed by atoms with E-state index in [-0.39, 0.29) is 23.8 Å². The Labute approximate surface area is 126 Å². The molecule has 120 valence electrons. The van der Waals surface area contributed by atoms with Gasteiger partial charge in [0, 0.05) is 17.1 Å². The highest BCUT2D eigenvalue weighted by atomic mass is 35.7. The van der Waals surface area contributed by atoms with Gasteiger partial charge in [-0.3, -0.25) is 0 Å². The van der Waals surface area contributed by atoms with E-state index in [0.717, 1.165) is 0 Å². The summed E-state index contributed by atoms with van der Waals surface area (Å²) in [5.41, 5.74) is 0.587. The molecule has 0 N–H and O–H groups in total. The molecule has 0 unspecified atom stereocenters. The Morgan fingerprint density at radius 2 is 1.90 bits per heavy atom. The van der Waals surface area contributed by atoms with Crippen LogP contribution in [0.15, 0.2) is 23.1 Å². The van der Waals surface area contributed by atoms with Crippen LogP contribution < -0.4 is 4.74 Å². The van der Waals surface area contributed by atoms with Crippen LogP contribution in [0.5, 0.6) is 5.75 Å². The highest BCUT2D eigenvalue weighted by molar-refractivity contribution is 8.13. The van der Waals surface area contributed by atoms with Crippen molar-refractivity contribution in [1.29, 1.82) is 0 Å². The minimum Gasteiger partial charge on any atom is -0.493 e. The molecule has 0 spiro atoms. The molecule has 0 saturated heterocycles. The molecular formula is C13H16ClF3O3S. The van der Waals surface area contributed by atoms with Crippen LogP contribution in [0.1, 0.15) is 38.2 Å². The van der Waals surface area contributed by atoms with Crippen LogP contribution in [0.25, 0.3) is 0 Å². The molecule has 1 aromatic rings. The molecule has 8 heteroatoms. The number of hydrogen-bond acceptors (Lipinski definition) is 3. The molecule has 0 heterocycles. The fourth-order valence-corrected chi connectivity index (χ4v) is 2.50. The van der Waals surface area contributed by atoms with E-state index in [0.29, 0.717) is 11.3 Å². The zero-order valence-electron chi connectivity index (χ0n) is 11.6. The second kappa shape index (κ2) is 6.87. The Morgan fingerprint density at radius 1 is 1.29 bits per heavy atom.